The van der Waals surface area contributed by atoms with Crippen molar-refractivity contribution >= 4 is 27.6 Å². The van der Waals surface area contributed by atoms with Crippen LogP contribution in [0.2, 0.25) is 0 Å². The average Bonchev–Trinajstić information content (AvgIpc) is 3.29. The first kappa shape index (κ1) is 22.4. The Bertz CT molecular complexity index is 1600. The Morgan fingerprint density at radius 3 is 2.58 bits per heavy atom. The second kappa shape index (κ2) is 8.85. The number of halogens is 2. The highest BCUT2D eigenvalue weighted by Crippen LogP contribution is 2.35. The van der Waals surface area contributed by atoms with Crippen LogP contribution in [0.5, 0.6) is 0 Å². The fraction of sp³-hybridized carbons (Fsp3) is 0.240. The van der Waals surface area contributed by atoms with Crippen LogP contribution in [0, 0.1) is 11.6 Å². The summed E-state index contributed by atoms with van der Waals surface area (Å²) in [4.78, 5) is 19.2. The molecule has 0 bridgehead atoms. The number of aryl methyl sites for hydroxylation is 1. The third kappa shape index (κ3) is 3.73. The molecule has 0 radical (unpaired) electrons. The first-order valence-corrected chi connectivity index (χ1v) is 11.4. The van der Waals surface area contributed by atoms with Gasteiger partial charge in [0.15, 0.2) is 5.65 Å². The van der Waals surface area contributed by atoms with Crippen molar-refractivity contribution in [3.05, 3.63) is 72.1 Å². The number of rotatable bonds is 4. The fourth-order valence-corrected chi connectivity index (χ4v) is 4.58. The summed E-state index contributed by atoms with van der Waals surface area (Å²) in [5.41, 5.74) is 2.49. The van der Waals surface area contributed by atoms with Gasteiger partial charge in [-0.2, -0.15) is 5.10 Å². The Hall–Kier alpha value is -4.09. The predicted octanol–water partition coefficient (Wildman–Crippen LogP) is 3.17. The molecule has 1 N–H and O–H groups in total. The molecule has 36 heavy (non-hydrogen) atoms. The van der Waals surface area contributed by atoms with Crippen LogP contribution in [-0.4, -0.2) is 61.1 Å². The zero-order chi connectivity index (χ0) is 24.8. The highest BCUT2D eigenvalue weighted by atomic mass is 19.1. The van der Waals surface area contributed by atoms with Crippen molar-refractivity contribution in [2.45, 2.75) is 6.10 Å². The molecular weight excluding hydrogens is 468 g/mol. The second-order valence-electron chi connectivity index (χ2n) is 8.54. The molecule has 6 rings (SSSR count). The van der Waals surface area contributed by atoms with E-state index in [4.69, 9.17) is 4.74 Å². The molecule has 1 aliphatic heterocycles. The van der Waals surface area contributed by atoms with Gasteiger partial charge in [0.05, 0.1) is 41.7 Å². The lowest BCUT2D eigenvalue weighted by Crippen LogP contribution is -2.36. The molecule has 11 heteroatoms. The van der Waals surface area contributed by atoms with Gasteiger partial charge in [-0.25, -0.2) is 28.7 Å². The van der Waals surface area contributed by atoms with Gasteiger partial charge in [-0.15, -0.1) is 0 Å². The molecule has 4 heterocycles. The highest BCUT2D eigenvalue weighted by molar-refractivity contribution is 5.94. The van der Waals surface area contributed by atoms with Crippen molar-refractivity contribution in [1.82, 2.24) is 29.7 Å². The molecule has 5 aromatic rings. The quantitative estimate of drug-likeness (QED) is 0.411. The van der Waals surface area contributed by atoms with E-state index in [2.05, 4.69) is 29.9 Å². The second-order valence-corrected chi connectivity index (χ2v) is 8.54. The summed E-state index contributed by atoms with van der Waals surface area (Å²) in [5, 5.41) is 16.3. The molecule has 2 aromatic carbocycles. The molecule has 1 atom stereocenters. The minimum atomic E-state index is -1.47. The molecule has 3 aromatic heterocycles. The van der Waals surface area contributed by atoms with E-state index >= 15 is 4.39 Å². The molecular formula is C25H21F2N7O2. The number of aromatic nitrogens is 6. The van der Waals surface area contributed by atoms with Crippen LogP contribution in [0.25, 0.3) is 33.2 Å². The molecule has 1 fully saturated rings. The maximum absolute atomic E-state index is 15.1. The molecule has 1 unspecified atom stereocenters. The summed E-state index contributed by atoms with van der Waals surface area (Å²) in [6, 6.07) is 7.71. The van der Waals surface area contributed by atoms with Crippen molar-refractivity contribution < 1.29 is 18.6 Å². The minimum absolute atomic E-state index is 0.0495. The van der Waals surface area contributed by atoms with E-state index in [0.717, 1.165) is 24.8 Å². The van der Waals surface area contributed by atoms with Gasteiger partial charge in [0.25, 0.3) is 0 Å². The third-order valence-corrected chi connectivity index (χ3v) is 6.45. The Labute approximate surface area is 204 Å². The van der Waals surface area contributed by atoms with Crippen LogP contribution in [-0.2, 0) is 11.8 Å². The van der Waals surface area contributed by atoms with Crippen LogP contribution >= 0.6 is 0 Å². The number of ether oxygens (including phenoxy) is 1. The van der Waals surface area contributed by atoms with Gasteiger partial charge in [0.1, 0.15) is 30.4 Å². The van der Waals surface area contributed by atoms with Gasteiger partial charge in [0.2, 0.25) is 0 Å². The van der Waals surface area contributed by atoms with E-state index in [1.165, 1.54) is 29.6 Å². The maximum Gasteiger partial charge on any atom is 0.161 e. The number of hydrogen-bond acceptors (Lipinski definition) is 8. The lowest BCUT2D eigenvalue weighted by Gasteiger charge is -2.29. The zero-order valence-corrected chi connectivity index (χ0v) is 19.3. The van der Waals surface area contributed by atoms with E-state index in [0.29, 0.717) is 40.8 Å². The number of morpholine rings is 1. The zero-order valence-electron chi connectivity index (χ0n) is 19.3. The number of aliphatic hydroxyl groups is 1. The molecule has 0 aliphatic carbocycles. The van der Waals surface area contributed by atoms with E-state index in [1.54, 1.807) is 7.05 Å². The predicted molar refractivity (Wildman–Crippen MR) is 128 cm³/mol. The first-order chi connectivity index (χ1) is 17.5. The number of benzene rings is 2. The molecule has 0 spiro atoms. The molecule has 182 valence electrons. The summed E-state index contributed by atoms with van der Waals surface area (Å²) in [5.74, 6) is -1.69. The van der Waals surface area contributed by atoms with Gasteiger partial charge >= 0.3 is 0 Å². The van der Waals surface area contributed by atoms with Crippen molar-refractivity contribution in [3.63, 3.8) is 0 Å². The number of hydrogen-bond donors (Lipinski definition) is 1. The van der Waals surface area contributed by atoms with Gasteiger partial charge in [-0.05, 0) is 24.3 Å². The summed E-state index contributed by atoms with van der Waals surface area (Å²) in [6.45, 7) is 2.84. The van der Waals surface area contributed by atoms with Gasteiger partial charge in [-0.3, -0.25) is 4.68 Å². The lowest BCUT2D eigenvalue weighted by molar-refractivity contribution is 0.122. The van der Waals surface area contributed by atoms with E-state index in [1.807, 2.05) is 18.2 Å². The first-order valence-electron chi connectivity index (χ1n) is 11.4. The van der Waals surface area contributed by atoms with Crippen molar-refractivity contribution in [1.29, 1.82) is 0 Å². The lowest BCUT2D eigenvalue weighted by atomic mass is 9.98. The van der Waals surface area contributed by atoms with Crippen LogP contribution in [0.1, 0.15) is 17.4 Å². The van der Waals surface area contributed by atoms with Gasteiger partial charge < -0.3 is 14.7 Å². The monoisotopic (exact) mass is 489 g/mol. The summed E-state index contributed by atoms with van der Waals surface area (Å²) >= 11 is 0. The van der Waals surface area contributed by atoms with Crippen molar-refractivity contribution in [2.75, 3.05) is 31.2 Å². The largest absolute Gasteiger partial charge is 0.382 e. The number of aliphatic hydroxyl groups excluding tert-OH is 1. The Kier molecular flexibility index (Phi) is 5.50. The standard InChI is InChI=1S/C25H21F2N7O2/c1-33-25-18(11-32-33)23(30-13-31-25)24(35)17-9-16(19(26)10-20(17)27)22-15-3-2-14(8-21(15)28-12-29-22)34-4-6-36-7-5-34/h2-3,8-13,24,35H,4-7H2,1H3. The molecule has 1 aliphatic rings. The van der Waals surface area contributed by atoms with Crippen LogP contribution in [0.3, 0.4) is 0 Å². The molecule has 0 saturated carbocycles. The van der Waals surface area contributed by atoms with Gasteiger partial charge in [-0.1, -0.05) is 0 Å². The van der Waals surface area contributed by atoms with Crippen LogP contribution in [0.4, 0.5) is 14.5 Å². The molecule has 1 saturated heterocycles. The Morgan fingerprint density at radius 1 is 0.944 bits per heavy atom. The smallest absolute Gasteiger partial charge is 0.161 e. The normalized spacial score (nSPS) is 15.1. The fourth-order valence-electron chi connectivity index (χ4n) is 4.58. The van der Waals surface area contributed by atoms with Crippen LogP contribution in [0.15, 0.2) is 49.2 Å². The maximum atomic E-state index is 15.1. The summed E-state index contributed by atoms with van der Waals surface area (Å²) in [6.07, 6.45) is 2.65. The Balaban J connectivity index is 1.45. The van der Waals surface area contributed by atoms with E-state index in [9.17, 15) is 9.50 Å². The van der Waals surface area contributed by atoms with E-state index in [-0.39, 0.29) is 16.8 Å². The SMILES string of the molecule is Cn1ncc2c(C(O)c3cc(-c4ncnc5cc(N6CCOCC6)ccc45)c(F)cc3F)ncnc21. The number of anilines is 1. The third-order valence-electron chi connectivity index (χ3n) is 6.45. The molecule has 0 amide bonds. The van der Waals surface area contributed by atoms with Gasteiger partial charge in [0, 0.05) is 48.4 Å². The molecule has 9 nitrogen and oxygen atoms in total. The number of fused-ring (bicyclic) bond motifs is 2. The summed E-state index contributed by atoms with van der Waals surface area (Å²) in [7, 11) is 1.70. The average molecular weight is 489 g/mol. The van der Waals surface area contributed by atoms with Crippen molar-refractivity contribution in [3.8, 4) is 11.3 Å². The summed E-state index contributed by atoms with van der Waals surface area (Å²) < 4.78 is 37.0. The Morgan fingerprint density at radius 2 is 1.75 bits per heavy atom. The number of nitrogens with zero attached hydrogens (tertiary/aromatic N) is 7. The highest BCUT2D eigenvalue weighted by Gasteiger charge is 2.24. The minimum Gasteiger partial charge on any atom is -0.382 e. The van der Waals surface area contributed by atoms with Crippen molar-refractivity contribution in [2.24, 2.45) is 7.05 Å². The topological polar surface area (TPSA) is 102 Å². The van der Waals surface area contributed by atoms with Crippen LogP contribution < -0.4 is 4.90 Å². The van der Waals surface area contributed by atoms with E-state index < -0.39 is 17.7 Å².